The van der Waals surface area contributed by atoms with Crippen molar-refractivity contribution in [2.24, 2.45) is 0 Å². The van der Waals surface area contributed by atoms with Crippen LogP contribution in [0.3, 0.4) is 0 Å². The minimum atomic E-state index is -1.02. The molecule has 2 aromatic carbocycles. The van der Waals surface area contributed by atoms with Crippen molar-refractivity contribution in [1.29, 1.82) is 0 Å². The van der Waals surface area contributed by atoms with Gasteiger partial charge in [-0.3, -0.25) is 0 Å². The van der Waals surface area contributed by atoms with Crippen LogP contribution >= 0.6 is 0 Å². The number of hydrogen-bond donors (Lipinski definition) is 3. The molecule has 4 aromatic rings. The predicted molar refractivity (Wildman–Crippen MR) is 100 cm³/mol. The van der Waals surface area contributed by atoms with Gasteiger partial charge in [-0.25, -0.2) is 24.2 Å². The van der Waals surface area contributed by atoms with E-state index in [2.05, 4.69) is 30.2 Å². The lowest BCUT2D eigenvalue weighted by Gasteiger charge is -2.10. The summed E-state index contributed by atoms with van der Waals surface area (Å²) in [5, 5.41) is 28.5. The van der Waals surface area contributed by atoms with Crippen molar-refractivity contribution >= 4 is 34.7 Å². The van der Waals surface area contributed by atoms with Gasteiger partial charge in [-0.1, -0.05) is 12.1 Å². The Kier molecular flexibility index (Phi) is 4.57. The molecule has 0 aliphatic carbocycles. The molecule has 0 unspecified atom stereocenters. The van der Waals surface area contributed by atoms with E-state index in [4.69, 9.17) is 10.2 Å². The molecule has 4 rings (SSSR count). The van der Waals surface area contributed by atoms with E-state index >= 15 is 0 Å². The lowest BCUT2D eigenvalue weighted by molar-refractivity contribution is 0.0686. The number of carbonyl (C=O) groups is 2. The first-order valence-corrected chi connectivity index (χ1v) is 8.41. The molecule has 0 amide bonds. The fraction of sp³-hybridized carbons (Fsp3) is 0.0526. The molecule has 0 atom stereocenters. The summed E-state index contributed by atoms with van der Waals surface area (Å²) in [7, 11) is 0. The van der Waals surface area contributed by atoms with Gasteiger partial charge in [-0.15, -0.1) is 0 Å². The molecule has 0 saturated heterocycles. The number of anilines is 2. The zero-order chi connectivity index (χ0) is 20.4. The van der Waals surface area contributed by atoms with Crippen LogP contribution in [0.15, 0.2) is 53.2 Å². The second-order valence-electron chi connectivity index (χ2n) is 6.12. The smallest absolute Gasteiger partial charge is 0.335 e. The van der Waals surface area contributed by atoms with Crippen molar-refractivity contribution in [2.45, 2.75) is 6.42 Å². The van der Waals surface area contributed by atoms with Crippen molar-refractivity contribution in [3.63, 3.8) is 0 Å². The Hall–Kier alpha value is -4.34. The van der Waals surface area contributed by atoms with Crippen LogP contribution in [0.4, 0.5) is 11.5 Å². The van der Waals surface area contributed by atoms with Crippen molar-refractivity contribution in [3.8, 4) is 0 Å². The third-order valence-electron chi connectivity index (χ3n) is 4.15. The van der Waals surface area contributed by atoms with Gasteiger partial charge in [0.15, 0.2) is 5.82 Å². The van der Waals surface area contributed by atoms with Crippen molar-refractivity contribution in [2.75, 3.05) is 5.32 Å². The lowest BCUT2D eigenvalue weighted by Crippen LogP contribution is -2.05. The lowest BCUT2D eigenvalue weighted by atomic mass is 10.1. The summed E-state index contributed by atoms with van der Waals surface area (Å²) in [6.07, 6.45) is 0.352. The third-order valence-corrected chi connectivity index (χ3v) is 4.15. The molecule has 0 saturated carbocycles. The minimum absolute atomic E-state index is 0.163. The monoisotopic (exact) mass is 391 g/mol. The van der Waals surface area contributed by atoms with Gasteiger partial charge in [0.2, 0.25) is 11.3 Å². The second-order valence-corrected chi connectivity index (χ2v) is 6.12. The molecular formula is C19H13N5O5. The molecule has 3 N–H and O–H groups in total. The van der Waals surface area contributed by atoms with E-state index in [-0.39, 0.29) is 22.4 Å². The van der Waals surface area contributed by atoms with Gasteiger partial charge in [-0.05, 0) is 52.3 Å². The summed E-state index contributed by atoms with van der Waals surface area (Å²) in [5.41, 5.74) is 2.79. The van der Waals surface area contributed by atoms with Crippen LogP contribution < -0.4 is 5.32 Å². The largest absolute Gasteiger partial charge is 0.478 e. The maximum Gasteiger partial charge on any atom is 0.335 e. The van der Waals surface area contributed by atoms with E-state index in [1.54, 1.807) is 24.3 Å². The molecule has 0 aliphatic rings. The number of carboxylic acids is 2. The van der Waals surface area contributed by atoms with Crippen LogP contribution in [0, 0.1) is 0 Å². The summed E-state index contributed by atoms with van der Waals surface area (Å²) in [6, 6.07) is 12.6. The van der Waals surface area contributed by atoms with Gasteiger partial charge >= 0.3 is 11.9 Å². The number of carboxylic acid groups (broad SMARTS) is 2. The molecule has 0 bridgehead atoms. The number of benzene rings is 2. The Bertz CT molecular complexity index is 1110. The van der Waals surface area contributed by atoms with E-state index in [0.29, 0.717) is 23.6 Å². The number of rotatable bonds is 6. The summed E-state index contributed by atoms with van der Waals surface area (Å²) in [6.45, 7) is 0. The number of fused-ring (bicyclic) bond motifs is 1. The molecule has 0 radical (unpaired) electrons. The third kappa shape index (κ3) is 3.86. The van der Waals surface area contributed by atoms with E-state index < -0.39 is 11.9 Å². The van der Waals surface area contributed by atoms with Crippen LogP contribution in [0.5, 0.6) is 0 Å². The highest BCUT2D eigenvalue weighted by atomic mass is 16.6. The van der Waals surface area contributed by atoms with Crippen LogP contribution in [0.2, 0.25) is 0 Å². The summed E-state index contributed by atoms with van der Waals surface area (Å²) < 4.78 is 4.68. The van der Waals surface area contributed by atoms with E-state index in [9.17, 15) is 9.59 Å². The molecule has 29 heavy (non-hydrogen) atoms. The summed E-state index contributed by atoms with van der Waals surface area (Å²) in [4.78, 5) is 30.8. The fourth-order valence-electron chi connectivity index (χ4n) is 2.69. The number of aromatic nitrogens is 4. The Morgan fingerprint density at radius 2 is 1.38 bits per heavy atom. The topological polar surface area (TPSA) is 151 Å². The number of nitrogens with zero attached hydrogens (tertiary/aromatic N) is 4. The summed E-state index contributed by atoms with van der Waals surface area (Å²) in [5.74, 6) is -1.62. The first-order chi connectivity index (χ1) is 14.0. The minimum Gasteiger partial charge on any atom is -0.478 e. The SMILES string of the molecule is O=C(O)c1ccc(Cc2nc3nonc3nc2Nc2ccc(C(=O)O)cc2)cc1. The van der Waals surface area contributed by atoms with Gasteiger partial charge in [0.05, 0.1) is 16.8 Å². The van der Waals surface area contributed by atoms with Crippen molar-refractivity contribution in [3.05, 3.63) is 70.9 Å². The number of aromatic carboxylic acids is 2. The molecule has 0 spiro atoms. The zero-order valence-electron chi connectivity index (χ0n) is 14.7. The van der Waals surface area contributed by atoms with Crippen LogP contribution in [0.1, 0.15) is 32.0 Å². The van der Waals surface area contributed by atoms with Gasteiger partial charge in [0, 0.05) is 12.1 Å². The predicted octanol–water partition coefficient (Wildman–Crippen LogP) is 2.74. The normalized spacial score (nSPS) is 10.8. The molecule has 10 nitrogen and oxygen atoms in total. The quantitative estimate of drug-likeness (QED) is 0.447. The zero-order valence-corrected chi connectivity index (χ0v) is 14.7. The van der Waals surface area contributed by atoms with Crippen LogP contribution in [0.25, 0.3) is 11.3 Å². The molecule has 2 aromatic heterocycles. The molecular weight excluding hydrogens is 378 g/mol. The van der Waals surface area contributed by atoms with E-state index in [0.717, 1.165) is 5.56 Å². The van der Waals surface area contributed by atoms with E-state index in [1.807, 2.05) is 0 Å². The average Bonchev–Trinajstić information content (AvgIpc) is 3.16. The Balaban J connectivity index is 1.66. The Morgan fingerprint density at radius 1 is 0.828 bits per heavy atom. The van der Waals surface area contributed by atoms with Gasteiger partial charge in [0.1, 0.15) is 0 Å². The second kappa shape index (κ2) is 7.35. The van der Waals surface area contributed by atoms with Gasteiger partial charge in [0.25, 0.3) is 0 Å². The highest BCUT2D eigenvalue weighted by molar-refractivity contribution is 5.88. The summed E-state index contributed by atoms with van der Waals surface area (Å²) >= 11 is 0. The molecule has 144 valence electrons. The molecule has 0 fully saturated rings. The first-order valence-electron chi connectivity index (χ1n) is 8.41. The first kappa shape index (κ1) is 18.0. The molecule has 2 heterocycles. The maximum absolute atomic E-state index is 11.0. The maximum atomic E-state index is 11.0. The van der Waals surface area contributed by atoms with E-state index in [1.165, 1.54) is 24.3 Å². The highest BCUT2D eigenvalue weighted by Gasteiger charge is 2.14. The molecule has 0 aliphatic heterocycles. The number of nitrogens with one attached hydrogen (secondary N) is 1. The Labute approximate surface area is 162 Å². The Morgan fingerprint density at radius 3 is 1.97 bits per heavy atom. The van der Waals surface area contributed by atoms with Crippen LogP contribution in [-0.2, 0) is 6.42 Å². The number of hydrogen-bond acceptors (Lipinski definition) is 8. The fourth-order valence-corrected chi connectivity index (χ4v) is 2.69. The average molecular weight is 391 g/mol. The van der Waals surface area contributed by atoms with Crippen molar-refractivity contribution in [1.82, 2.24) is 20.3 Å². The van der Waals surface area contributed by atoms with Crippen LogP contribution in [-0.4, -0.2) is 42.4 Å². The van der Waals surface area contributed by atoms with Gasteiger partial charge in [-0.2, -0.15) is 0 Å². The van der Waals surface area contributed by atoms with Crippen molar-refractivity contribution < 1.29 is 24.4 Å². The molecule has 10 heteroatoms. The van der Waals surface area contributed by atoms with Gasteiger partial charge < -0.3 is 15.5 Å². The standard InChI is InChI=1S/C19H13N5O5/c25-18(26)11-3-1-10(2-4-11)9-14-15(22-17-16(21-14)23-29-24-17)20-13-7-5-12(6-8-13)19(27)28/h1-8H,9H2,(H,25,26)(H,27,28)(H,20,22,24). The highest BCUT2D eigenvalue weighted by Crippen LogP contribution is 2.23.